The van der Waals surface area contributed by atoms with Crippen LogP contribution >= 0.6 is 0 Å². The predicted octanol–water partition coefficient (Wildman–Crippen LogP) is -0.666. The Morgan fingerprint density at radius 1 is 1.91 bits per heavy atom. The Morgan fingerprint density at radius 2 is 2.55 bits per heavy atom. The highest BCUT2D eigenvalue weighted by molar-refractivity contribution is 5.73. The van der Waals surface area contributed by atoms with Crippen LogP contribution in [0.25, 0.3) is 0 Å². The number of rotatable bonds is 3. The molecule has 1 unspecified atom stereocenters. The zero-order valence-electron chi connectivity index (χ0n) is 6.02. The Labute approximate surface area is 63.2 Å². The number of urea groups is 1. The molecule has 0 bridgehead atoms. The van der Waals surface area contributed by atoms with Gasteiger partial charge in [0.25, 0.3) is 0 Å². The summed E-state index contributed by atoms with van der Waals surface area (Å²) in [4.78, 5) is 14.6. The molecule has 0 aliphatic rings. The molecule has 0 aromatic heterocycles. The minimum atomic E-state index is -0.810. The summed E-state index contributed by atoms with van der Waals surface area (Å²) < 4.78 is 0. The van der Waals surface area contributed by atoms with E-state index in [1.165, 1.54) is 6.92 Å². The summed E-state index contributed by atoms with van der Waals surface area (Å²) in [7, 11) is 0. The molecule has 64 valence electrons. The van der Waals surface area contributed by atoms with E-state index in [0.717, 1.165) is 0 Å². The van der Waals surface area contributed by atoms with Crippen LogP contribution in [0.4, 0.5) is 4.79 Å². The van der Waals surface area contributed by atoms with E-state index in [9.17, 15) is 4.79 Å². The van der Waals surface area contributed by atoms with E-state index >= 15 is 0 Å². The third-order valence-corrected chi connectivity index (χ3v) is 0.629. The molecule has 0 aliphatic heterocycles. The van der Waals surface area contributed by atoms with Crippen LogP contribution in [-0.2, 0) is 4.84 Å². The van der Waals surface area contributed by atoms with Gasteiger partial charge in [-0.05, 0) is 6.92 Å². The highest BCUT2D eigenvalue weighted by atomic mass is 16.6. The first-order valence-corrected chi connectivity index (χ1v) is 2.88. The van der Waals surface area contributed by atoms with Gasteiger partial charge in [0, 0.05) is 5.28 Å². The molecule has 0 fully saturated rings. The fourth-order valence-electron chi connectivity index (χ4n) is 0.236. The van der Waals surface area contributed by atoms with Crippen molar-refractivity contribution in [3.63, 3.8) is 0 Å². The summed E-state index contributed by atoms with van der Waals surface area (Å²) in [5.41, 5.74) is 1.71. The average molecular weight is 162 g/mol. The van der Waals surface area contributed by atoms with Crippen LogP contribution in [-0.4, -0.2) is 23.8 Å². The number of carbonyl (C=O) groups is 1. The summed E-state index contributed by atoms with van der Waals surface area (Å²) >= 11 is 0. The molecule has 0 aromatic carbocycles. The third kappa shape index (κ3) is 6.68. The van der Waals surface area contributed by atoms with E-state index in [0.29, 0.717) is 0 Å². The van der Waals surface area contributed by atoms with Crippen molar-refractivity contribution in [1.29, 1.82) is 0 Å². The van der Waals surface area contributed by atoms with Gasteiger partial charge < -0.3 is 9.94 Å². The van der Waals surface area contributed by atoms with Crippen molar-refractivity contribution < 1.29 is 14.7 Å². The fourth-order valence-corrected chi connectivity index (χ4v) is 0.236. The van der Waals surface area contributed by atoms with Gasteiger partial charge in [0.15, 0.2) is 0 Å². The van der Waals surface area contributed by atoms with Crippen LogP contribution in [0.3, 0.4) is 0 Å². The van der Waals surface area contributed by atoms with Gasteiger partial charge in [0.05, 0.1) is 6.10 Å². The molecule has 1 atom stereocenters. The number of amides is 2. The topological polar surface area (TPSA) is 109 Å². The van der Waals surface area contributed by atoms with Crippen LogP contribution < -0.4 is 11.3 Å². The van der Waals surface area contributed by atoms with Crippen LogP contribution in [0.5, 0.6) is 0 Å². The van der Waals surface area contributed by atoms with Gasteiger partial charge in [0.1, 0.15) is 6.61 Å². The van der Waals surface area contributed by atoms with Gasteiger partial charge in [-0.25, -0.2) is 10.6 Å². The average Bonchev–Trinajstić information content (AvgIpc) is 1.97. The number of carbonyl (C=O) groups excluding carboxylic acids is 1. The van der Waals surface area contributed by atoms with Gasteiger partial charge in [-0.3, -0.25) is 5.43 Å². The summed E-state index contributed by atoms with van der Waals surface area (Å²) in [6.45, 7) is 1.50. The van der Waals surface area contributed by atoms with Crippen molar-refractivity contribution in [3.8, 4) is 0 Å². The first-order valence-electron chi connectivity index (χ1n) is 2.88. The first kappa shape index (κ1) is 9.79. The smallest absolute Gasteiger partial charge is 0.376 e. The van der Waals surface area contributed by atoms with Crippen LogP contribution in [0, 0.1) is 0 Å². The minimum absolute atomic E-state index is 0.0125. The lowest BCUT2D eigenvalue weighted by molar-refractivity contribution is 0.0398. The Morgan fingerprint density at radius 3 is 3.00 bits per heavy atom. The van der Waals surface area contributed by atoms with Gasteiger partial charge >= 0.3 is 6.03 Å². The first-order chi connectivity index (χ1) is 5.16. The van der Waals surface area contributed by atoms with E-state index < -0.39 is 12.1 Å². The lowest BCUT2D eigenvalue weighted by Gasteiger charge is -1.98. The van der Waals surface area contributed by atoms with Crippen LogP contribution in [0.1, 0.15) is 6.92 Å². The minimum Gasteiger partial charge on any atom is -0.390 e. The molecular weight excluding hydrogens is 152 g/mol. The second-order valence-corrected chi connectivity index (χ2v) is 1.78. The molecule has 0 rings (SSSR count). The zero-order valence-corrected chi connectivity index (χ0v) is 6.02. The lowest BCUT2D eigenvalue weighted by atomic mass is 10.5. The highest BCUT2D eigenvalue weighted by Crippen LogP contribution is 1.84. The molecule has 0 radical (unpaired) electrons. The van der Waals surface area contributed by atoms with Gasteiger partial charge in [-0.2, -0.15) is 0 Å². The molecule has 0 aliphatic carbocycles. The van der Waals surface area contributed by atoms with Crippen molar-refractivity contribution in [3.05, 3.63) is 0 Å². The molecule has 7 heteroatoms. The second kappa shape index (κ2) is 5.57. The zero-order chi connectivity index (χ0) is 8.69. The number of hydrogen-bond donors (Lipinski definition) is 3. The number of nitrogens with zero attached hydrogens (tertiary/aromatic N) is 2. The maximum absolute atomic E-state index is 10.2. The number of hydrazine groups is 1. The summed E-state index contributed by atoms with van der Waals surface area (Å²) in [5.74, 6) is 4.66. The molecule has 0 spiro atoms. The van der Waals surface area contributed by atoms with E-state index in [-0.39, 0.29) is 6.61 Å². The van der Waals surface area contributed by atoms with Gasteiger partial charge in [-0.1, -0.05) is 5.11 Å². The van der Waals surface area contributed by atoms with Crippen molar-refractivity contribution in [2.24, 2.45) is 16.2 Å². The largest absolute Gasteiger partial charge is 0.390 e. The maximum atomic E-state index is 10.2. The maximum Gasteiger partial charge on any atom is 0.376 e. The number of hydrogen-bond acceptors (Lipinski definition) is 5. The molecule has 0 saturated carbocycles. The molecule has 7 nitrogen and oxygen atoms in total. The number of aliphatic hydroxyl groups is 1. The molecule has 0 heterocycles. The van der Waals surface area contributed by atoms with Crippen LogP contribution in [0.2, 0.25) is 0 Å². The Hall–Kier alpha value is -1.21. The monoisotopic (exact) mass is 162 g/mol. The van der Waals surface area contributed by atoms with E-state index in [1.54, 1.807) is 5.43 Å². The fraction of sp³-hybridized carbons (Fsp3) is 0.750. The Kier molecular flexibility index (Phi) is 4.95. The molecule has 2 amide bonds. The molecule has 0 aromatic rings. The van der Waals surface area contributed by atoms with Gasteiger partial charge in [0.2, 0.25) is 0 Å². The summed E-state index contributed by atoms with van der Waals surface area (Å²) in [6, 6.07) is -0.810. The molecular formula is C4H10N4O3. The normalized spacial score (nSPS) is 13.0. The Bertz CT molecular complexity index is 146. The SMILES string of the molecule is CC(O)CO/N=N/C(=O)NN. The van der Waals surface area contributed by atoms with Crippen molar-refractivity contribution in [2.75, 3.05) is 6.61 Å². The van der Waals surface area contributed by atoms with E-state index in [4.69, 9.17) is 5.11 Å². The predicted molar refractivity (Wildman–Crippen MR) is 35.2 cm³/mol. The lowest BCUT2D eigenvalue weighted by Crippen LogP contribution is -2.26. The van der Waals surface area contributed by atoms with E-state index in [2.05, 4.69) is 21.1 Å². The van der Waals surface area contributed by atoms with Crippen molar-refractivity contribution in [2.45, 2.75) is 13.0 Å². The molecule has 0 saturated heterocycles. The van der Waals surface area contributed by atoms with E-state index in [1.807, 2.05) is 0 Å². The number of aliphatic hydroxyl groups excluding tert-OH is 1. The quantitative estimate of drug-likeness (QED) is 0.221. The van der Waals surface area contributed by atoms with Gasteiger partial charge in [-0.15, -0.1) is 0 Å². The summed E-state index contributed by atoms with van der Waals surface area (Å²) in [6.07, 6.45) is -0.644. The molecule has 4 N–H and O–H groups in total. The highest BCUT2D eigenvalue weighted by Gasteiger charge is 1.94. The van der Waals surface area contributed by atoms with Crippen LogP contribution in [0.15, 0.2) is 10.4 Å². The Balaban J connectivity index is 3.37. The standard InChI is InChI=1S/C4H10N4O3/c1-3(9)2-11-8-7-4(10)6-5/h3,9H,2,5H2,1H3,(H,6,10)/b8-7+. The number of nitrogens with one attached hydrogen (secondary N) is 1. The summed E-state index contributed by atoms with van der Waals surface area (Å²) in [5, 5.41) is 14.5. The molecule has 11 heavy (non-hydrogen) atoms. The second-order valence-electron chi connectivity index (χ2n) is 1.78. The number of nitrogens with two attached hydrogens (primary N) is 1. The third-order valence-electron chi connectivity index (χ3n) is 0.629. The van der Waals surface area contributed by atoms with Crippen molar-refractivity contribution in [1.82, 2.24) is 5.43 Å². The van der Waals surface area contributed by atoms with Crippen molar-refractivity contribution >= 4 is 6.03 Å².